The van der Waals surface area contributed by atoms with E-state index in [1.54, 1.807) is 0 Å². The van der Waals surface area contributed by atoms with Gasteiger partial charge >= 0.3 is 0 Å². The van der Waals surface area contributed by atoms with Gasteiger partial charge in [-0.25, -0.2) is 0 Å². The fraction of sp³-hybridized carbons (Fsp3) is 0.625. The Labute approximate surface area is 111 Å². The molecule has 0 amide bonds. The van der Waals surface area contributed by atoms with Gasteiger partial charge < -0.3 is 5.73 Å². The Balaban J connectivity index is 1.90. The molecular formula is C16H26N2. The van der Waals surface area contributed by atoms with Crippen molar-refractivity contribution in [2.75, 3.05) is 13.1 Å². The summed E-state index contributed by atoms with van der Waals surface area (Å²) in [6, 6.07) is 10.8. The van der Waals surface area contributed by atoms with Crippen LogP contribution in [0.4, 0.5) is 0 Å². The molecule has 1 aromatic carbocycles. The predicted octanol–water partition coefficient (Wildman–Crippen LogP) is 3.03. The van der Waals surface area contributed by atoms with Crippen molar-refractivity contribution in [1.29, 1.82) is 0 Å². The minimum Gasteiger partial charge on any atom is -0.325 e. The maximum Gasteiger partial charge on any atom is 0.0233 e. The summed E-state index contributed by atoms with van der Waals surface area (Å²) in [7, 11) is 0. The van der Waals surface area contributed by atoms with Crippen molar-refractivity contribution in [1.82, 2.24) is 4.90 Å². The second kappa shape index (κ2) is 5.85. The third-order valence-electron chi connectivity index (χ3n) is 4.12. The SMILES string of the molecule is CC(C)(N)C1CCCN(Cc2ccccc2)CC1. The minimum absolute atomic E-state index is 0.0250. The number of likely N-dealkylation sites (tertiary alicyclic amines) is 1. The molecule has 2 nitrogen and oxygen atoms in total. The van der Waals surface area contributed by atoms with Gasteiger partial charge in [-0.3, -0.25) is 4.90 Å². The Morgan fingerprint density at radius 3 is 2.56 bits per heavy atom. The van der Waals surface area contributed by atoms with Gasteiger partial charge in [0.05, 0.1) is 0 Å². The van der Waals surface area contributed by atoms with Crippen molar-refractivity contribution >= 4 is 0 Å². The zero-order valence-corrected chi connectivity index (χ0v) is 11.7. The lowest BCUT2D eigenvalue weighted by Crippen LogP contribution is -2.41. The number of hydrogen-bond acceptors (Lipinski definition) is 2. The van der Waals surface area contributed by atoms with Crippen LogP contribution in [0.15, 0.2) is 30.3 Å². The molecule has 2 N–H and O–H groups in total. The lowest BCUT2D eigenvalue weighted by Gasteiger charge is -2.29. The quantitative estimate of drug-likeness (QED) is 0.888. The molecule has 1 heterocycles. The highest BCUT2D eigenvalue weighted by Crippen LogP contribution is 2.26. The van der Waals surface area contributed by atoms with E-state index in [4.69, 9.17) is 5.73 Å². The molecule has 0 bridgehead atoms. The van der Waals surface area contributed by atoms with E-state index in [0.717, 1.165) is 6.54 Å². The van der Waals surface area contributed by atoms with E-state index in [2.05, 4.69) is 49.1 Å². The molecule has 1 aliphatic rings. The van der Waals surface area contributed by atoms with Crippen molar-refractivity contribution in [3.63, 3.8) is 0 Å². The first-order chi connectivity index (χ1) is 8.55. The monoisotopic (exact) mass is 246 g/mol. The molecule has 0 aliphatic carbocycles. The standard InChI is InChI=1S/C16H26N2/c1-16(2,17)15-9-6-11-18(12-10-15)13-14-7-4-3-5-8-14/h3-5,7-8,15H,6,9-13,17H2,1-2H3. The van der Waals surface area contributed by atoms with Crippen molar-refractivity contribution in [3.8, 4) is 0 Å². The molecule has 1 unspecified atom stereocenters. The molecular weight excluding hydrogens is 220 g/mol. The Kier molecular flexibility index (Phi) is 4.41. The molecule has 2 heteroatoms. The Bertz CT molecular complexity index is 353. The maximum absolute atomic E-state index is 6.26. The molecule has 1 atom stereocenters. The average Bonchev–Trinajstić information content (AvgIpc) is 2.55. The van der Waals surface area contributed by atoms with E-state index in [1.165, 1.54) is 37.9 Å². The van der Waals surface area contributed by atoms with Gasteiger partial charge in [-0.2, -0.15) is 0 Å². The molecule has 0 saturated carbocycles. The van der Waals surface area contributed by atoms with Crippen molar-refractivity contribution in [2.24, 2.45) is 11.7 Å². The van der Waals surface area contributed by atoms with E-state index < -0.39 is 0 Å². The van der Waals surface area contributed by atoms with E-state index in [9.17, 15) is 0 Å². The molecule has 1 saturated heterocycles. The van der Waals surface area contributed by atoms with E-state index >= 15 is 0 Å². The van der Waals surface area contributed by atoms with Crippen LogP contribution >= 0.6 is 0 Å². The second-order valence-corrected chi connectivity index (χ2v) is 6.21. The second-order valence-electron chi connectivity index (χ2n) is 6.21. The highest BCUT2D eigenvalue weighted by atomic mass is 15.1. The molecule has 0 aromatic heterocycles. The molecule has 0 radical (unpaired) electrons. The molecule has 1 aromatic rings. The van der Waals surface area contributed by atoms with E-state index in [-0.39, 0.29) is 5.54 Å². The molecule has 2 rings (SSSR count). The molecule has 0 spiro atoms. The summed E-state index contributed by atoms with van der Waals surface area (Å²) in [5.74, 6) is 0.665. The van der Waals surface area contributed by atoms with Crippen LogP contribution in [0, 0.1) is 5.92 Å². The Morgan fingerprint density at radius 2 is 1.89 bits per heavy atom. The number of nitrogens with two attached hydrogens (primary N) is 1. The van der Waals surface area contributed by atoms with E-state index in [0.29, 0.717) is 5.92 Å². The average molecular weight is 246 g/mol. The lowest BCUT2D eigenvalue weighted by molar-refractivity contribution is 0.252. The normalized spacial score (nSPS) is 22.7. The molecule has 100 valence electrons. The Hall–Kier alpha value is -0.860. The highest BCUT2D eigenvalue weighted by Gasteiger charge is 2.27. The summed E-state index contributed by atoms with van der Waals surface area (Å²) >= 11 is 0. The summed E-state index contributed by atoms with van der Waals surface area (Å²) < 4.78 is 0. The van der Waals surface area contributed by atoms with Crippen LogP contribution in [0.2, 0.25) is 0 Å². The number of nitrogens with zero attached hydrogens (tertiary/aromatic N) is 1. The van der Waals surface area contributed by atoms with Crippen LogP contribution in [0.1, 0.15) is 38.7 Å². The van der Waals surface area contributed by atoms with Crippen LogP contribution in [-0.4, -0.2) is 23.5 Å². The Morgan fingerprint density at radius 1 is 1.17 bits per heavy atom. The minimum atomic E-state index is -0.0250. The molecule has 1 aliphatic heterocycles. The lowest BCUT2D eigenvalue weighted by atomic mass is 9.83. The van der Waals surface area contributed by atoms with Crippen LogP contribution in [0.5, 0.6) is 0 Å². The summed E-state index contributed by atoms with van der Waals surface area (Å²) in [6.07, 6.45) is 3.78. The molecule has 18 heavy (non-hydrogen) atoms. The zero-order valence-electron chi connectivity index (χ0n) is 11.7. The first kappa shape index (κ1) is 13.6. The van der Waals surface area contributed by atoms with Gasteiger partial charge in [-0.05, 0) is 57.7 Å². The van der Waals surface area contributed by atoms with Gasteiger partial charge in [0.25, 0.3) is 0 Å². The summed E-state index contributed by atoms with van der Waals surface area (Å²) in [4.78, 5) is 2.57. The number of rotatable bonds is 3. The van der Waals surface area contributed by atoms with Gasteiger partial charge in [-0.1, -0.05) is 30.3 Å². The first-order valence-electron chi connectivity index (χ1n) is 7.11. The van der Waals surface area contributed by atoms with Crippen LogP contribution in [0.3, 0.4) is 0 Å². The van der Waals surface area contributed by atoms with Gasteiger partial charge in [0, 0.05) is 12.1 Å². The van der Waals surface area contributed by atoms with Crippen LogP contribution in [0.25, 0.3) is 0 Å². The third kappa shape index (κ3) is 3.82. The third-order valence-corrected chi connectivity index (χ3v) is 4.12. The summed E-state index contributed by atoms with van der Waals surface area (Å²) in [5, 5.41) is 0. The van der Waals surface area contributed by atoms with Crippen molar-refractivity contribution < 1.29 is 0 Å². The maximum atomic E-state index is 6.26. The first-order valence-corrected chi connectivity index (χ1v) is 7.11. The predicted molar refractivity (Wildman–Crippen MR) is 77.3 cm³/mol. The van der Waals surface area contributed by atoms with Gasteiger partial charge in [0.1, 0.15) is 0 Å². The van der Waals surface area contributed by atoms with E-state index in [1.807, 2.05) is 0 Å². The number of benzene rings is 1. The van der Waals surface area contributed by atoms with Gasteiger partial charge in [0.2, 0.25) is 0 Å². The number of hydrogen-bond donors (Lipinski definition) is 1. The van der Waals surface area contributed by atoms with Crippen molar-refractivity contribution in [2.45, 2.75) is 45.2 Å². The van der Waals surface area contributed by atoms with Crippen LogP contribution < -0.4 is 5.73 Å². The zero-order chi connectivity index (χ0) is 13.0. The van der Waals surface area contributed by atoms with Gasteiger partial charge in [-0.15, -0.1) is 0 Å². The van der Waals surface area contributed by atoms with Gasteiger partial charge in [0.15, 0.2) is 0 Å². The fourth-order valence-electron chi connectivity index (χ4n) is 2.90. The smallest absolute Gasteiger partial charge is 0.0233 e. The summed E-state index contributed by atoms with van der Waals surface area (Å²) in [5.41, 5.74) is 7.65. The largest absolute Gasteiger partial charge is 0.325 e. The van der Waals surface area contributed by atoms with Crippen LogP contribution in [-0.2, 0) is 6.54 Å². The van der Waals surface area contributed by atoms with Crippen molar-refractivity contribution in [3.05, 3.63) is 35.9 Å². The highest BCUT2D eigenvalue weighted by molar-refractivity contribution is 5.14. The summed E-state index contributed by atoms with van der Waals surface area (Å²) in [6.45, 7) is 7.81. The fourth-order valence-corrected chi connectivity index (χ4v) is 2.90. The topological polar surface area (TPSA) is 29.3 Å². The molecule has 1 fully saturated rings.